The average molecular weight is 426 g/mol. The van der Waals surface area contributed by atoms with Crippen LogP contribution < -0.4 is 15.1 Å². The molecule has 1 N–H and O–H groups in total. The van der Waals surface area contributed by atoms with E-state index < -0.39 is 11.7 Å². The van der Waals surface area contributed by atoms with Crippen LogP contribution in [0.15, 0.2) is 42.6 Å². The zero-order valence-electron chi connectivity index (χ0n) is 17.8. The molecular weight excluding hydrogens is 399 g/mol. The third-order valence-corrected chi connectivity index (χ3v) is 5.66. The molecule has 4 rings (SSSR count). The number of ether oxygens (including phenoxy) is 1. The van der Waals surface area contributed by atoms with Crippen LogP contribution in [0.25, 0.3) is 0 Å². The Hall–Kier alpha value is -3.00. The Morgan fingerprint density at radius 2 is 1.90 bits per heavy atom. The molecule has 2 fully saturated rings. The normalized spacial score (nSPS) is 23.8. The molecule has 1 aromatic carbocycles. The number of nitrogens with one attached hydrogen (secondary N) is 1. The number of aromatic nitrogens is 1. The lowest BCUT2D eigenvalue weighted by Crippen LogP contribution is -2.45. The van der Waals surface area contributed by atoms with Gasteiger partial charge in [-0.25, -0.2) is 9.37 Å². The summed E-state index contributed by atoms with van der Waals surface area (Å²) in [6.07, 6.45) is 2.14. The summed E-state index contributed by atoms with van der Waals surface area (Å²) in [5.74, 6) is -0.542. The predicted molar refractivity (Wildman–Crippen MR) is 115 cm³/mol. The first kappa shape index (κ1) is 21.2. The van der Waals surface area contributed by atoms with E-state index in [9.17, 15) is 14.0 Å². The highest BCUT2D eigenvalue weighted by molar-refractivity contribution is 6.00. The van der Waals surface area contributed by atoms with E-state index in [-0.39, 0.29) is 42.7 Å². The quantitative estimate of drug-likeness (QED) is 0.795. The van der Waals surface area contributed by atoms with Crippen molar-refractivity contribution < 1.29 is 18.7 Å². The minimum absolute atomic E-state index is 0.0742. The molecule has 0 saturated carbocycles. The monoisotopic (exact) mass is 426 g/mol. The smallest absolute Gasteiger partial charge is 0.227 e. The molecule has 7 nitrogen and oxygen atoms in total. The summed E-state index contributed by atoms with van der Waals surface area (Å²) >= 11 is 0. The molecule has 2 aromatic rings. The zero-order valence-corrected chi connectivity index (χ0v) is 17.8. The number of rotatable bonds is 5. The lowest BCUT2D eigenvalue weighted by atomic mass is 10.1. The molecule has 0 spiro atoms. The standard InChI is InChI=1S/C23H27FN4O3/c1-15-12-27(13-16(2)31-15)21-8-7-17(10-25-21)11-26-23(30)18-9-22(29)28(14-18)20-6-4-3-5-19(20)24/h3-8,10,15-16,18H,9,11-14H2,1-2H3,(H,26,30). The molecule has 2 amide bonds. The number of carbonyl (C=O) groups is 2. The Balaban J connectivity index is 1.32. The second-order valence-corrected chi connectivity index (χ2v) is 8.26. The summed E-state index contributed by atoms with van der Waals surface area (Å²) in [6.45, 7) is 6.19. The maximum atomic E-state index is 14.0. The number of hydrogen-bond donors (Lipinski definition) is 1. The van der Waals surface area contributed by atoms with Crippen LogP contribution in [0.3, 0.4) is 0 Å². The SMILES string of the molecule is CC1CN(c2ccc(CNC(=O)C3CC(=O)N(c4ccccc4F)C3)cn2)CC(C)O1. The molecule has 0 radical (unpaired) electrons. The number of amides is 2. The van der Waals surface area contributed by atoms with Gasteiger partial charge in [0.25, 0.3) is 0 Å². The fourth-order valence-electron chi connectivity index (χ4n) is 4.19. The third kappa shape index (κ3) is 4.85. The average Bonchev–Trinajstić information content (AvgIpc) is 3.13. The van der Waals surface area contributed by atoms with Crippen LogP contribution in [0.2, 0.25) is 0 Å². The van der Waals surface area contributed by atoms with Crippen molar-refractivity contribution in [1.82, 2.24) is 10.3 Å². The van der Waals surface area contributed by atoms with Gasteiger partial charge in [0.15, 0.2) is 0 Å². The maximum Gasteiger partial charge on any atom is 0.227 e. The van der Waals surface area contributed by atoms with Gasteiger partial charge >= 0.3 is 0 Å². The molecule has 2 aliphatic heterocycles. The van der Waals surface area contributed by atoms with Crippen LogP contribution in [0.1, 0.15) is 25.8 Å². The first-order valence-electron chi connectivity index (χ1n) is 10.6. The lowest BCUT2D eigenvalue weighted by molar-refractivity contribution is -0.126. The number of benzene rings is 1. The van der Waals surface area contributed by atoms with Gasteiger partial charge in [0, 0.05) is 38.8 Å². The van der Waals surface area contributed by atoms with E-state index >= 15 is 0 Å². The number of para-hydroxylation sites is 1. The van der Waals surface area contributed by atoms with Gasteiger partial charge in [-0.3, -0.25) is 9.59 Å². The second-order valence-electron chi connectivity index (χ2n) is 8.26. The minimum Gasteiger partial charge on any atom is -0.372 e. The molecule has 3 unspecified atom stereocenters. The van der Waals surface area contributed by atoms with E-state index in [2.05, 4.69) is 15.2 Å². The molecule has 0 bridgehead atoms. The highest BCUT2D eigenvalue weighted by Crippen LogP contribution is 2.27. The fraction of sp³-hybridized carbons (Fsp3) is 0.435. The largest absolute Gasteiger partial charge is 0.372 e. The number of morpholine rings is 1. The molecule has 31 heavy (non-hydrogen) atoms. The molecule has 3 atom stereocenters. The molecule has 2 saturated heterocycles. The summed E-state index contributed by atoms with van der Waals surface area (Å²) in [4.78, 5) is 33.0. The summed E-state index contributed by atoms with van der Waals surface area (Å²) in [6, 6.07) is 10.0. The molecule has 1 aromatic heterocycles. The van der Waals surface area contributed by atoms with Crippen molar-refractivity contribution in [2.24, 2.45) is 5.92 Å². The lowest BCUT2D eigenvalue weighted by Gasteiger charge is -2.36. The molecule has 2 aliphatic rings. The molecular formula is C23H27FN4O3. The predicted octanol–water partition coefficient (Wildman–Crippen LogP) is 2.50. The Labute approximate surface area is 181 Å². The van der Waals surface area contributed by atoms with Crippen LogP contribution in [0.4, 0.5) is 15.9 Å². The topological polar surface area (TPSA) is 74.8 Å². The zero-order chi connectivity index (χ0) is 22.0. The number of hydrogen-bond acceptors (Lipinski definition) is 5. The first-order valence-corrected chi connectivity index (χ1v) is 10.6. The Morgan fingerprint density at radius 3 is 2.58 bits per heavy atom. The number of pyridine rings is 1. The summed E-state index contributed by atoms with van der Waals surface area (Å²) in [7, 11) is 0. The van der Waals surface area contributed by atoms with Crippen molar-refractivity contribution in [3.05, 3.63) is 54.0 Å². The van der Waals surface area contributed by atoms with Gasteiger partial charge in [0.1, 0.15) is 11.6 Å². The maximum absolute atomic E-state index is 14.0. The summed E-state index contributed by atoms with van der Waals surface area (Å²) in [5, 5.41) is 2.88. The van der Waals surface area contributed by atoms with Gasteiger partial charge in [-0.05, 0) is 37.6 Å². The van der Waals surface area contributed by atoms with Crippen molar-refractivity contribution in [1.29, 1.82) is 0 Å². The van der Waals surface area contributed by atoms with Gasteiger partial charge in [-0.2, -0.15) is 0 Å². The summed E-state index contributed by atoms with van der Waals surface area (Å²) in [5.41, 5.74) is 1.09. The first-order chi connectivity index (χ1) is 14.9. The van der Waals surface area contributed by atoms with E-state index in [1.54, 1.807) is 24.4 Å². The van der Waals surface area contributed by atoms with Crippen molar-refractivity contribution in [2.45, 2.75) is 39.0 Å². The third-order valence-electron chi connectivity index (χ3n) is 5.66. The van der Waals surface area contributed by atoms with Gasteiger partial charge < -0.3 is 19.9 Å². The van der Waals surface area contributed by atoms with Gasteiger partial charge in [0.05, 0.1) is 23.8 Å². The molecule has 0 aliphatic carbocycles. The second kappa shape index (κ2) is 9.01. The Kier molecular flexibility index (Phi) is 6.18. The molecule has 8 heteroatoms. The number of nitrogens with zero attached hydrogens (tertiary/aromatic N) is 3. The van der Waals surface area contributed by atoms with Crippen LogP contribution in [-0.2, 0) is 20.9 Å². The van der Waals surface area contributed by atoms with Crippen LogP contribution in [0, 0.1) is 11.7 Å². The minimum atomic E-state index is -0.504. The van der Waals surface area contributed by atoms with Crippen molar-refractivity contribution >= 4 is 23.3 Å². The number of anilines is 2. The molecule has 164 valence electrons. The van der Waals surface area contributed by atoms with Crippen LogP contribution in [0.5, 0.6) is 0 Å². The highest BCUT2D eigenvalue weighted by atomic mass is 19.1. The number of halogens is 1. The van der Waals surface area contributed by atoms with Gasteiger partial charge in [0.2, 0.25) is 11.8 Å². The van der Waals surface area contributed by atoms with E-state index in [0.717, 1.165) is 24.5 Å². The van der Waals surface area contributed by atoms with E-state index in [4.69, 9.17) is 4.74 Å². The van der Waals surface area contributed by atoms with E-state index in [1.807, 2.05) is 26.0 Å². The van der Waals surface area contributed by atoms with E-state index in [1.165, 1.54) is 11.0 Å². The van der Waals surface area contributed by atoms with Gasteiger partial charge in [-0.15, -0.1) is 0 Å². The van der Waals surface area contributed by atoms with Crippen molar-refractivity contribution in [3.63, 3.8) is 0 Å². The Bertz CT molecular complexity index is 942. The van der Waals surface area contributed by atoms with Gasteiger partial charge in [-0.1, -0.05) is 18.2 Å². The fourth-order valence-corrected chi connectivity index (χ4v) is 4.19. The number of carbonyl (C=O) groups excluding carboxylic acids is 2. The van der Waals surface area contributed by atoms with Crippen molar-refractivity contribution in [3.8, 4) is 0 Å². The van der Waals surface area contributed by atoms with Crippen LogP contribution in [-0.4, -0.2) is 48.6 Å². The highest BCUT2D eigenvalue weighted by Gasteiger charge is 2.36. The van der Waals surface area contributed by atoms with Crippen LogP contribution >= 0.6 is 0 Å². The Morgan fingerprint density at radius 1 is 1.16 bits per heavy atom. The summed E-state index contributed by atoms with van der Waals surface area (Å²) < 4.78 is 19.8. The van der Waals surface area contributed by atoms with E-state index in [0.29, 0.717) is 6.54 Å². The van der Waals surface area contributed by atoms with Crippen molar-refractivity contribution in [2.75, 3.05) is 29.4 Å². The molecule has 3 heterocycles.